The van der Waals surface area contributed by atoms with Crippen LogP contribution in [0.25, 0.3) is 0 Å². The van der Waals surface area contributed by atoms with Crippen molar-refractivity contribution in [3.8, 4) is 0 Å². The standard InChI is InChI=1S/C32H40FN5O3/c33-27-19-25(12-13-26(27)23-10-11-23)30(24-5-2-1-3-6-24)35-31(40)28-7-4-14-38(28)29(39)20-34-32(41)37-17-15-36(16-18-37)21-22-8-9-22/h1-3,5-6,12-13,19,22-23,28,30H,4,7-11,14-18,20-21H2,(H,34,41)(H,35,40)/t28-,30-/m0/s1. The summed E-state index contributed by atoms with van der Waals surface area (Å²) in [6.45, 7) is 4.49. The van der Waals surface area contributed by atoms with Gasteiger partial charge in [-0.2, -0.15) is 0 Å². The Balaban J connectivity index is 1.06. The SMILES string of the molecule is O=C(N[C@@H](c1ccccc1)c1ccc(C2CC2)c(F)c1)[C@@H]1CCCN1C(=O)CNC(=O)N1CCN(CC2CC2)CC1. The van der Waals surface area contributed by atoms with Gasteiger partial charge >= 0.3 is 6.03 Å². The van der Waals surface area contributed by atoms with Gasteiger partial charge in [0.1, 0.15) is 11.9 Å². The average Bonchev–Trinajstić information content (AvgIpc) is 3.94. The Morgan fingerprint density at radius 2 is 1.63 bits per heavy atom. The van der Waals surface area contributed by atoms with E-state index in [9.17, 15) is 18.8 Å². The molecule has 0 unspecified atom stereocenters. The van der Waals surface area contributed by atoms with Crippen molar-refractivity contribution < 1.29 is 18.8 Å². The van der Waals surface area contributed by atoms with Crippen molar-refractivity contribution >= 4 is 17.8 Å². The van der Waals surface area contributed by atoms with Crippen molar-refractivity contribution in [2.75, 3.05) is 45.8 Å². The average molecular weight is 562 g/mol. The fourth-order valence-corrected chi connectivity index (χ4v) is 6.19. The predicted molar refractivity (Wildman–Crippen MR) is 154 cm³/mol. The minimum Gasteiger partial charge on any atom is -0.343 e. The maximum absolute atomic E-state index is 15.0. The van der Waals surface area contributed by atoms with Gasteiger partial charge in [-0.3, -0.25) is 14.5 Å². The molecule has 4 aliphatic rings. The number of hydrogen-bond acceptors (Lipinski definition) is 4. The van der Waals surface area contributed by atoms with Gasteiger partial charge < -0.3 is 20.4 Å². The number of halogens is 1. The highest BCUT2D eigenvalue weighted by Gasteiger charge is 2.36. The molecule has 0 radical (unpaired) electrons. The Kier molecular flexibility index (Phi) is 8.23. The zero-order valence-corrected chi connectivity index (χ0v) is 23.6. The van der Waals surface area contributed by atoms with Crippen molar-refractivity contribution in [3.63, 3.8) is 0 Å². The van der Waals surface area contributed by atoms with Crippen LogP contribution in [0.5, 0.6) is 0 Å². The summed E-state index contributed by atoms with van der Waals surface area (Å²) < 4.78 is 15.0. The second kappa shape index (κ2) is 12.2. The third-order valence-corrected chi connectivity index (χ3v) is 8.93. The highest BCUT2D eigenvalue weighted by atomic mass is 19.1. The first-order valence-corrected chi connectivity index (χ1v) is 15.2. The molecule has 4 fully saturated rings. The van der Waals surface area contributed by atoms with Gasteiger partial charge in [-0.15, -0.1) is 0 Å². The zero-order chi connectivity index (χ0) is 28.3. The number of piperazine rings is 1. The number of carbonyl (C=O) groups is 3. The number of nitrogens with one attached hydrogen (secondary N) is 2. The third-order valence-electron chi connectivity index (χ3n) is 8.93. The molecule has 2 saturated heterocycles. The first-order valence-electron chi connectivity index (χ1n) is 15.2. The zero-order valence-electron chi connectivity index (χ0n) is 23.6. The molecule has 8 nitrogen and oxygen atoms in total. The molecule has 2 atom stereocenters. The van der Waals surface area contributed by atoms with Gasteiger partial charge in [0.15, 0.2) is 0 Å². The summed E-state index contributed by atoms with van der Waals surface area (Å²) in [5.41, 5.74) is 2.26. The Morgan fingerprint density at radius 3 is 2.32 bits per heavy atom. The molecule has 2 aromatic rings. The van der Waals surface area contributed by atoms with Gasteiger partial charge in [0.05, 0.1) is 12.6 Å². The van der Waals surface area contributed by atoms with Crippen molar-refractivity contribution in [1.82, 2.24) is 25.3 Å². The molecule has 2 heterocycles. The number of urea groups is 1. The lowest BCUT2D eigenvalue weighted by Crippen LogP contribution is -2.54. The van der Waals surface area contributed by atoms with Gasteiger partial charge in [-0.25, -0.2) is 9.18 Å². The number of rotatable bonds is 9. The third kappa shape index (κ3) is 6.72. The quantitative estimate of drug-likeness (QED) is 0.490. The Morgan fingerprint density at radius 1 is 0.878 bits per heavy atom. The maximum atomic E-state index is 15.0. The van der Waals surface area contributed by atoms with Gasteiger partial charge in [0.25, 0.3) is 0 Å². The van der Waals surface area contributed by atoms with Crippen molar-refractivity contribution in [2.24, 2.45) is 5.92 Å². The summed E-state index contributed by atoms with van der Waals surface area (Å²) in [7, 11) is 0. The lowest BCUT2D eigenvalue weighted by molar-refractivity contribution is -0.137. The largest absolute Gasteiger partial charge is 0.343 e. The number of nitrogens with zero attached hydrogens (tertiary/aromatic N) is 3. The normalized spacial score (nSPS) is 21.9. The summed E-state index contributed by atoms with van der Waals surface area (Å²) in [6, 6.07) is 13.4. The second-order valence-electron chi connectivity index (χ2n) is 12.0. The summed E-state index contributed by atoms with van der Waals surface area (Å²) in [6.07, 6.45) is 5.91. The minimum atomic E-state index is -0.632. The number of carbonyl (C=O) groups excluding carboxylic acids is 3. The molecule has 0 aromatic heterocycles. The molecular weight excluding hydrogens is 521 g/mol. The summed E-state index contributed by atoms with van der Waals surface area (Å²) in [5, 5.41) is 5.89. The van der Waals surface area contributed by atoms with E-state index in [0.29, 0.717) is 44.0 Å². The molecule has 2 aromatic carbocycles. The molecule has 2 aliphatic carbocycles. The van der Waals surface area contributed by atoms with E-state index in [0.717, 1.165) is 49.5 Å². The highest BCUT2D eigenvalue weighted by molar-refractivity contribution is 5.90. The molecule has 4 amide bonds. The van der Waals surface area contributed by atoms with Crippen LogP contribution < -0.4 is 10.6 Å². The maximum Gasteiger partial charge on any atom is 0.317 e. The topological polar surface area (TPSA) is 85.0 Å². The molecule has 218 valence electrons. The van der Waals surface area contributed by atoms with Crippen LogP contribution in [-0.4, -0.2) is 84.4 Å². The first kappa shape index (κ1) is 27.7. The molecular formula is C32H40FN5O3. The molecule has 9 heteroatoms. The molecule has 2 aliphatic heterocycles. The van der Waals surface area contributed by atoms with E-state index in [1.165, 1.54) is 18.9 Å². The van der Waals surface area contributed by atoms with Gasteiger partial charge in [-0.05, 0) is 73.1 Å². The van der Waals surface area contributed by atoms with Crippen molar-refractivity contribution in [2.45, 2.75) is 56.5 Å². The monoisotopic (exact) mass is 561 g/mol. The Hall–Kier alpha value is -3.46. The van der Waals surface area contributed by atoms with E-state index in [2.05, 4.69) is 15.5 Å². The lowest BCUT2D eigenvalue weighted by Gasteiger charge is -2.34. The van der Waals surface area contributed by atoms with E-state index in [4.69, 9.17) is 0 Å². The molecule has 0 bridgehead atoms. The van der Waals surface area contributed by atoms with Crippen LogP contribution in [0.4, 0.5) is 9.18 Å². The van der Waals surface area contributed by atoms with E-state index in [1.807, 2.05) is 42.5 Å². The number of likely N-dealkylation sites (tertiary alicyclic amines) is 1. The summed E-state index contributed by atoms with van der Waals surface area (Å²) >= 11 is 0. The predicted octanol–water partition coefficient (Wildman–Crippen LogP) is 3.64. The van der Waals surface area contributed by atoms with Crippen molar-refractivity contribution in [1.29, 1.82) is 0 Å². The first-order chi connectivity index (χ1) is 20.0. The van der Waals surface area contributed by atoms with Crippen LogP contribution in [0.3, 0.4) is 0 Å². The van der Waals surface area contributed by atoms with Crippen LogP contribution in [0.15, 0.2) is 48.5 Å². The van der Waals surface area contributed by atoms with Crippen LogP contribution >= 0.6 is 0 Å². The summed E-state index contributed by atoms with van der Waals surface area (Å²) in [5.74, 6) is 0.354. The molecule has 2 saturated carbocycles. The second-order valence-corrected chi connectivity index (χ2v) is 12.0. The van der Waals surface area contributed by atoms with Crippen LogP contribution in [0.2, 0.25) is 0 Å². The minimum absolute atomic E-state index is 0.138. The van der Waals surface area contributed by atoms with Crippen LogP contribution in [0, 0.1) is 11.7 Å². The number of benzene rings is 2. The lowest BCUT2D eigenvalue weighted by atomic mass is 9.96. The Bertz CT molecular complexity index is 1260. The van der Waals surface area contributed by atoms with Gasteiger partial charge in [0.2, 0.25) is 11.8 Å². The number of amides is 4. The van der Waals surface area contributed by atoms with E-state index in [1.54, 1.807) is 9.80 Å². The summed E-state index contributed by atoms with van der Waals surface area (Å²) in [4.78, 5) is 45.2. The van der Waals surface area contributed by atoms with E-state index in [-0.39, 0.29) is 30.2 Å². The molecule has 6 rings (SSSR count). The highest BCUT2D eigenvalue weighted by Crippen LogP contribution is 2.42. The fraction of sp³-hybridized carbons (Fsp3) is 0.531. The smallest absolute Gasteiger partial charge is 0.317 e. The van der Waals surface area contributed by atoms with Gasteiger partial charge in [-0.1, -0.05) is 42.5 Å². The molecule has 0 spiro atoms. The van der Waals surface area contributed by atoms with Crippen LogP contribution in [-0.2, 0) is 9.59 Å². The fourth-order valence-electron chi connectivity index (χ4n) is 6.19. The van der Waals surface area contributed by atoms with E-state index < -0.39 is 12.1 Å². The molecule has 2 N–H and O–H groups in total. The van der Waals surface area contributed by atoms with Gasteiger partial charge in [0, 0.05) is 39.3 Å². The van der Waals surface area contributed by atoms with Crippen LogP contribution in [0.1, 0.15) is 67.2 Å². The van der Waals surface area contributed by atoms with Crippen molar-refractivity contribution in [3.05, 3.63) is 71.0 Å². The molecule has 41 heavy (non-hydrogen) atoms. The number of hydrogen-bond donors (Lipinski definition) is 2. The van der Waals surface area contributed by atoms with E-state index >= 15 is 0 Å². The Labute approximate surface area is 241 Å².